The standard InChI is InChI=1S/C20H26N4O/c1-3-11-21-20(25)19-6-4-5-18(22-19)16-7-9-17(10-8-16)24-14-12-23(2)13-15-24/h4-10H,3,11-15H2,1-2H3,(H,21,25). The van der Waals surface area contributed by atoms with Crippen LogP contribution in [0.15, 0.2) is 42.5 Å². The Morgan fingerprint density at radius 2 is 1.80 bits per heavy atom. The van der Waals surface area contributed by atoms with Crippen LogP contribution < -0.4 is 10.2 Å². The molecule has 25 heavy (non-hydrogen) atoms. The lowest BCUT2D eigenvalue weighted by Crippen LogP contribution is -2.44. The number of pyridine rings is 1. The minimum atomic E-state index is -0.113. The highest BCUT2D eigenvalue weighted by Crippen LogP contribution is 2.23. The molecule has 1 saturated heterocycles. The molecule has 5 nitrogen and oxygen atoms in total. The summed E-state index contributed by atoms with van der Waals surface area (Å²) >= 11 is 0. The Hall–Kier alpha value is -2.40. The van der Waals surface area contributed by atoms with Gasteiger partial charge in [-0.3, -0.25) is 4.79 Å². The molecular formula is C20H26N4O. The topological polar surface area (TPSA) is 48.5 Å². The molecule has 0 spiro atoms. The van der Waals surface area contributed by atoms with Crippen molar-refractivity contribution in [2.75, 3.05) is 44.7 Å². The lowest BCUT2D eigenvalue weighted by atomic mass is 10.1. The number of piperazine rings is 1. The molecule has 0 saturated carbocycles. The van der Waals surface area contributed by atoms with E-state index in [-0.39, 0.29) is 5.91 Å². The van der Waals surface area contributed by atoms with Gasteiger partial charge in [-0.25, -0.2) is 4.98 Å². The number of rotatable bonds is 5. The van der Waals surface area contributed by atoms with Crippen LogP contribution in [0.1, 0.15) is 23.8 Å². The van der Waals surface area contributed by atoms with Gasteiger partial charge in [-0.1, -0.05) is 25.1 Å². The van der Waals surface area contributed by atoms with Gasteiger partial charge in [0.15, 0.2) is 0 Å². The number of hydrogen-bond acceptors (Lipinski definition) is 4. The second kappa shape index (κ2) is 8.12. The van der Waals surface area contributed by atoms with Crippen LogP contribution >= 0.6 is 0 Å². The van der Waals surface area contributed by atoms with Crippen molar-refractivity contribution in [1.82, 2.24) is 15.2 Å². The molecule has 0 aliphatic carbocycles. The maximum Gasteiger partial charge on any atom is 0.269 e. The van der Waals surface area contributed by atoms with E-state index in [2.05, 4.69) is 51.4 Å². The lowest BCUT2D eigenvalue weighted by Gasteiger charge is -2.34. The average Bonchev–Trinajstić information content (AvgIpc) is 2.67. The predicted octanol–water partition coefficient (Wildman–Crippen LogP) is 2.64. The van der Waals surface area contributed by atoms with E-state index in [1.165, 1.54) is 5.69 Å². The van der Waals surface area contributed by atoms with Gasteiger partial charge in [0.1, 0.15) is 5.69 Å². The largest absolute Gasteiger partial charge is 0.369 e. The number of nitrogens with zero attached hydrogens (tertiary/aromatic N) is 3. The Balaban J connectivity index is 1.73. The van der Waals surface area contributed by atoms with Crippen LogP contribution in [0, 0.1) is 0 Å². The van der Waals surface area contributed by atoms with Gasteiger partial charge in [-0.15, -0.1) is 0 Å². The molecule has 1 aromatic carbocycles. The molecule has 0 atom stereocenters. The van der Waals surface area contributed by atoms with Crippen LogP contribution in [0.3, 0.4) is 0 Å². The molecule has 0 bridgehead atoms. The molecule has 1 aromatic heterocycles. The Morgan fingerprint density at radius 1 is 1.08 bits per heavy atom. The fourth-order valence-electron chi connectivity index (χ4n) is 2.96. The molecule has 3 rings (SSSR count). The van der Waals surface area contributed by atoms with Gasteiger partial charge in [0.25, 0.3) is 5.91 Å². The van der Waals surface area contributed by atoms with E-state index in [1.807, 2.05) is 19.1 Å². The number of hydrogen-bond donors (Lipinski definition) is 1. The van der Waals surface area contributed by atoms with Crippen LogP contribution in [0.2, 0.25) is 0 Å². The lowest BCUT2D eigenvalue weighted by molar-refractivity contribution is 0.0949. The van der Waals surface area contributed by atoms with Crippen molar-refractivity contribution < 1.29 is 4.79 Å². The third-order valence-electron chi connectivity index (χ3n) is 4.55. The van der Waals surface area contributed by atoms with Crippen molar-refractivity contribution in [3.05, 3.63) is 48.2 Å². The highest BCUT2D eigenvalue weighted by atomic mass is 16.1. The van der Waals surface area contributed by atoms with Gasteiger partial charge in [0, 0.05) is 44.0 Å². The van der Waals surface area contributed by atoms with Crippen molar-refractivity contribution in [2.45, 2.75) is 13.3 Å². The van der Waals surface area contributed by atoms with E-state index < -0.39 is 0 Å². The molecule has 0 radical (unpaired) electrons. The van der Waals surface area contributed by atoms with Crippen LogP contribution in [-0.2, 0) is 0 Å². The molecule has 1 amide bonds. The van der Waals surface area contributed by atoms with Gasteiger partial charge >= 0.3 is 0 Å². The van der Waals surface area contributed by atoms with Crippen LogP contribution in [0.4, 0.5) is 5.69 Å². The monoisotopic (exact) mass is 338 g/mol. The maximum atomic E-state index is 12.1. The molecule has 5 heteroatoms. The quantitative estimate of drug-likeness (QED) is 0.910. The van der Waals surface area contributed by atoms with E-state index in [4.69, 9.17) is 0 Å². The van der Waals surface area contributed by atoms with Crippen LogP contribution in [0.25, 0.3) is 11.3 Å². The third-order valence-corrected chi connectivity index (χ3v) is 4.55. The predicted molar refractivity (Wildman–Crippen MR) is 102 cm³/mol. The number of carbonyl (C=O) groups is 1. The first-order valence-electron chi connectivity index (χ1n) is 8.96. The number of benzene rings is 1. The first-order valence-corrected chi connectivity index (χ1v) is 8.96. The molecule has 132 valence electrons. The Bertz CT molecular complexity index is 706. The minimum absolute atomic E-state index is 0.113. The molecule has 2 aromatic rings. The zero-order valence-electron chi connectivity index (χ0n) is 15.0. The van der Waals surface area contributed by atoms with E-state index in [0.717, 1.165) is 43.9 Å². The number of carbonyl (C=O) groups excluding carboxylic acids is 1. The van der Waals surface area contributed by atoms with Crippen molar-refractivity contribution >= 4 is 11.6 Å². The Kier molecular flexibility index (Phi) is 5.66. The number of nitrogens with one attached hydrogen (secondary N) is 1. The fraction of sp³-hybridized carbons (Fsp3) is 0.400. The summed E-state index contributed by atoms with van der Waals surface area (Å²) < 4.78 is 0. The van der Waals surface area contributed by atoms with Gasteiger partial charge in [-0.05, 0) is 37.7 Å². The molecule has 1 aliphatic rings. The maximum absolute atomic E-state index is 12.1. The molecule has 0 unspecified atom stereocenters. The zero-order valence-corrected chi connectivity index (χ0v) is 15.0. The van der Waals surface area contributed by atoms with Gasteiger partial charge in [0.2, 0.25) is 0 Å². The summed E-state index contributed by atoms with van der Waals surface area (Å²) in [6.07, 6.45) is 0.916. The number of anilines is 1. The zero-order chi connectivity index (χ0) is 17.6. The summed E-state index contributed by atoms with van der Waals surface area (Å²) in [5.41, 5.74) is 3.57. The first kappa shape index (κ1) is 17.4. The summed E-state index contributed by atoms with van der Waals surface area (Å²) in [6, 6.07) is 14.1. The van der Waals surface area contributed by atoms with E-state index >= 15 is 0 Å². The van der Waals surface area contributed by atoms with Crippen LogP contribution in [0.5, 0.6) is 0 Å². The molecular weight excluding hydrogens is 312 g/mol. The summed E-state index contributed by atoms with van der Waals surface area (Å²) in [7, 11) is 2.16. The summed E-state index contributed by atoms with van der Waals surface area (Å²) in [5, 5.41) is 2.87. The molecule has 1 fully saturated rings. The first-order chi connectivity index (χ1) is 12.2. The van der Waals surface area contributed by atoms with E-state index in [1.54, 1.807) is 6.07 Å². The summed E-state index contributed by atoms with van der Waals surface area (Å²) in [5.74, 6) is -0.113. The van der Waals surface area contributed by atoms with Gasteiger partial charge in [-0.2, -0.15) is 0 Å². The van der Waals surface area contributed by atoms with Crippen LogP contribution in [-0.4, -0.2) is 55.6 Å². The minimum Gasteiger partial charge on any atom is -0.369 e. The van der Waals surface area contributed by atoms with Gasteiger partial charge in [0.05, 0.1) is 5.69 Å². The van der Waals surface area contributed by atoms with Crippen molar-refractivity contribution in [1.29, 1.82) is 0 Å². The second-order valence-corrected chi connectivity index (χ2v) is 6.50. The molecule has 1 N–H and O–H groups in total. The van der Waals surface area contributed by atoms with Gasteiger partial charge < -0.3 is 15.1 Å². The third kappa shape index (κ3) is 4.37. The highest BCUT2D eigenvalue weighted by Gasteiger charge is 2.14. The molecule has 1 aliphatic heterocycles. The fourth-order valence-corrected chi connectivity index (χ4v) is 2.96. The highest BCUT2D eigenvalue weighted by molar-refractivity contribution is 5.92. The number of likely N-dealkylation sites (N-methyl/N-ethyl adjacent to an activating group) is 1. The number of amides is 1. The molecule has 2 heterocycles. The summed E-state index contributed by atoms with van der Waals surface area (Å²) in [4.78, 5) is 21.4. The Labute approximate surface area is 149 Å². The van der Waals surface area contributed by atoms with Crippen molar-refractivity contribution in [2.24, 2.45) is 0 Å². The van der Waals surface area contributed by atoms with Crippen molar-refractivity contribution in [3.63, 3.8) is 0 Å². The van der Waals surface area contributed by atoms with Crippen molar-refractivity contribution in [3.8, 4) is 11.3 Å². The SMILES string of the molecule is CCCNC(=O)c1cccc(-c2ccc(N3CCN(C)CC3)cc2)n1. The second-order valence-electron chi connectivity index (χ2n) is 6.50. The Morgan fingerprint density at radius 3 is 2.48 bits per heavy atom. The van der Waals surface area contributed by atoms with E-state index in [0.29, 0.717) is 12.2 Å². The smallest absolute Gasteiger partial charge is 0.269 e. The van der Waals surface area contributed by atoms with E-state index in [9.17, 15) is 4.79 Å². The average molecular weight is 338 g/mol. The summed E-state index contributed by atoms with van der Waals surface area (Å²) in [6.45, 7) is 7.01. The number of aromatic nitrogens is 1. The normalized spacial score (nSPS) is 15.2.